The average molecular weight is 170 g/mol. The van der Waals surface area contributed by atoms with Crippen molar-refractivity contribution in [3.05, 3.63) is 0 Å². The van der Waals surface area contributed by atoms with Crippen LogP contribution in [0.1, 0.15) is 13.8 Å². The lowest BCUT2D eigenvalue weighted by molar-refractivity contribution is -0.134. The summed E-state index contributed by atoms with van der Waals surface area (Å²) >= 11 is 0. The number of carbonyl (C=O) groups excluding carboxylic acids is 2. The molecule has 0 bridgehead atoms. The lowest BCUT2D eigenvalue weighted by Crippen LogP contribution is -2.59. The van der Waals surface area contributed by atoms with Gasteiger partial charge in [-0.05, 0) is 20.9 Å². The van der Waals surface area contributed by atoms with E-state index in [0.717, 1.165) is 0 Å². The summed E-state index contributed by atoms with van der Waals surface area (Å²) in [7, 11) is 1.85. The van der Waals surface area contributed by atoms with E-state index < -0.39 is 0 Å². The fourth-order valence-corrected chi connectivity index (χ4v) is 1.21. The highest BCUT2D eigenvalue weighted by molar-refractivity contribution is 5.90. The molecule has 0 aromatic carbocycles. The van der Waals surface area contributed by atoms with Crippen molar-refractivity contribution in [2.75, 3.05) is 13.6 Å². The molecule has 0 unspecified atom stereocenters. The van der Waals surface area contributed by atoms with Crippen LogP contribution >= 0.6 is 0 Å². The molecule has 4 nitrogen and oxygen atoms in total. The number of piperazine rings is 1. The Morgan fingerprint density at radius 1 is 1.67 bits per heavy atom. The van der Waals surface area contributed by atoms with Crippen LogP contribution in [0.2, 0.25) is 0 Å². The number of rotatable bonds is 1. The minimum Gasteiger partial charge on any atom is -0.344 e. The van der Waals surface area contributed by atoms with Gasteiger partial charge < -0.3 is 5.32 Å². The Hall–Kier alpha value is -0.900. The van der Waals surface area contributed by atoms with Gasteiger partial charge in [0, 0.05) is 6.54 Å². The first-order valence-corrected chi connectivity index (χ1v) is 4.03. The van der Waals surface area contributed by atoms with Gasteiger partial charge in [0.1, 0.15) is 0 Å². The van der Waals surface area contributed by atoms with Crippen molar-refractivity contribution in [2.45, 2.75) is 25.9 Å². The molecule has 0 spiro atoms. The zero-order valence-corrected chi connectivity index (χ0v) is 7.63. The van der Waals surface area contributed by atoms with E-state index in [0.29, 0.717) is 6.54 Å². The number of ketones is 1. The fourth-order valence-electron chi connectivity index (χ4n) is 1.21. The predicted molar refractivity (Wildman–Crippen MR) is 44.7 cm³/mol. The lowest BCUT2D eigenvalue weighted by Gasteiger charge is -2.33. The Kier molecular flexibility index (Phi) is 2.47. The first-order valence-electron chi connectivity index (χ1n) is 4.03. The van der Waals surface area contributed by atoms with Gasteiger partial charge in [0.25, 0.3) is 0 Å². The standard InChI is InChI=1S/C8H14N2O2/c1-5-8(12)9-7(6(2)11)4-10(5)3/h5,7H,4H2,1-3H3,(H,9,12)/t5-,7-/m0/s1. The van der Waals surface area contributed by atoms with E-state index in [-0.39, 0.29) is 23.8 Å². The van der Waals surface area contributed by atoms with Gasteiger partial charge in [-0.25, -0.2) is 0 Å². The molecular formula is C8H14N2O2. The number of nitrogens with zero attached hydrogens (tertiary/aromatic N) is 1. The second kappa shape index (κ2) is 3.23. The predicted octanol–water partition coefficient (Wildman–Crippen LogP) is -0.606. The summed E-state index contributed by atoms with van der Waals surface area (Å²) in [6.45, 7) is 3.93. The van der Waals surface area contributed by atoms with E-state index in [1.807, 2.05) is 18.9 Å². The molecule has 4 heteroatoms. The third-order valence-corrected chi connectivity index (χ3v) is 2.32. The minimum absolute atomic E-state index is 0.0158. The second-order valence-corrected chi connectivity index (χ2v) is 3.29. The number of amides is 1. The van der Waals surface area contributed by atoms with Gasteiger partial charge in [-0.3, -0.25) is 14.5 Å². The van der Waals surface area contributed by atoms with Crippen LogP contribution in [0.5, 0.6) is 0 Å². The number of nitrogens with one attached hydrogen (secondary N) is 1. The number of Topliss-reactive ketones (excluding diaryl/α,β-unsaturated/α-hetero) is 1. The van der Waals surface area contributed by atoms with Crippen LogP contribution in [0.3, 0.4) is 0 Å². The molecule has 1 fully saturated rings. The SMILES string of the molecule is CC(=O)[C@@H]1CN(C)[C@@H](C)C(=O)N1. The minimum atomic E-state index is -0.321. The second-order valence-electron chi connectivity index (χ2n) is 3.29. The maximum atomic E-state index is 11.2. The molecule has 2 atom stereocenters. The Morgan fingerprint density at radius 2 is 2.25 bits per heavy atom. The van der Waals surface area contributed by atoms with Gasteiger partial charge in [0.2, 0.25) is 5.91 Å². The summed E-state index contributed by atoms with van der Waals surface area (Å²) in [4.78, 5) is 24.0. The normalized spacial score (nSPS) is 31.4. The topological polar surface area (TPSA) is 49.4 Å². The first kappa shape index (κ1) is 9.19. The van der Waals surface area contributed by atoms with Crippen LogP contribution in [-0.2, 0) is 9.59 Å². The van der Waals surface area contributed by atoms with Crippen molar-refractivity contribution >= 4 is 11.7 Å². The molecule has 1 heterocycles. The summed E-state index contributed by atoms with van der Waals surface area (Å²) in [5.41, 5.74) is 0. The molecule has 1 rings (SSSR count). The highest BCUT2D eigenvalue weighted by Gasteiger charge is 2.30. The largest absolute Gasteiger partial charge is 0.344 e. The Labute approximate surface area is 71.9 Å². The molecule has 0 aromatic rings. The summed E-state index contributed by atoms with van der Waals surface area (Å²) in [5.74, 6) is -0.0500. The van der Waals surface area contributed by atoms with E-state index in [4.69, 9.17) is 0 Å². The molecule has 1 saturated heterocycles. The molecule has 0 aromatic heterocycles. The maximum Gasteiger partial charge on any atom is 0.237 e. The zero-order chi connectivity index (χ0) is 9.30. The van der Waals surface area contributed by atoms with Crippen LogP contribution in [0.25, 0.3) is 0 Å². The van der Waals surface area contributed by atoms with Crippen LogP contribution in [0.15, 0.2) is 0 Å². The van der Waals surface area contributed by atoms with Crippen molar-refractivity contribution < 1.29 is 9.59 Å². The van der Waals surface area contributed by atoms with Crippen LogP contribution in [0, 0.1) is 0 Å². The van der Waals surface area contributed by atoms with E-state index in [1.165, 1.54) is 6.92 Å². The number of hydrogen-bond donors (Lipinski definition) is 1. The van der Waals surface area contributed by atoms with Gasteiger partial charge in [-0.15, -0.1) is 0 Å². The van der Waals surface area contributed by atoms with Crippen molar-refractivity contribution in [1.82, 2.24) is 10.2 Å². The molecule has 1 aliphatic heterocycles. The van der Waals surface area contributed by atoms with Crippen molar-refractivity contribution in [3.63, 3.8) is 0 Å². The summed E-state index contributed by atoms with van der Waals surface area (Å²) < 4.78 is 0. The number of carbonyl (C=O) groups is 2. The molecule has 1 aliphatic rings. The smallest absolute Gasteiger partial charge is 0.237 e. The van der Waals surface area contributed by atoms with Crippen LogP contribution in [-0.4, -0.2) is 42.3 Å². The van der Waals surface area contributed by atoms with Crippen molar-refractivity contribution in [2.24, 2.45) is 0 Å². The monoisotopic (exact) mass is 170 g/mol. The van der Waals surface area contributed by atoms with Gasteiger partial charge in [-0.2, -0.15) is 0 Å². The van der Waals surface area contributed by atoms with E-state index in [1.54, 1.807) is 0 Å². The molecule has 68 valence electrons. The summed E-state index contributed by atoms with van der Waals surface area (Å²) in [6, 6.07) is -0.445. The molecule has 1 N–H and O–H groups in total. The third kappa shape index (κ3) is 1.64. The van der Waals surface area contributed by atoms with Crippen LogP contribution < -0.4 is 5.32 Å². The Bertz CT molecular complexity index is 215. The summed E-state index contributed by atoms with van der Waals surface area (Å²) in [5, 5.41) is 2.67. The summed E-state index contributed by atoms with van der Waals surface area (Å²) in [6.07, 6.45) is 0. The Morgan fingerprint density at radius 3 is 2.67 bits per heavy atom. The van der Waals surface area contributed by atoms with Crippen molar-refractivity contribution in [3.8, 4) is 0 Å². The maximum absolute atomic E-state index is 11.2. The van der Waals surface area contributed by atoms with Gasteiger partial charge in [0.05, 0.1) is 12.1 Å². The third-order valence-electron chi connectivity index (χ3n) is 2.32. The molecule has 0 aliphatic carbocycles. The van der Waals surface area contributed by atoms with E-state index >= 15 is 0 Å². The van der Waals surface area contributed by atoms with Gasteiger partial charge in [-0.1, -0.05) is 0 Å². The molecule has 1 amide bonds. The highest BCUT2D eigenvalue weighted by atomic mass is 16.2. The first-order chi connectivity index (χ1) is 5.52. The zero-order valence-electron chi connectivity index (χ0n) is 7.63. The Balaban J connectivity index is 2.66. The van der Waals surface area contributed by atoms with Gasteiger partial charge >= 0.3 is 0 Å². The highest BCUT2D eigenvalue weighted by Crippen LogP contribution is 2.05. The fraction of sp³-hybridized carbons (Fsp3) is 0.750. The molecule has 12 heavy (non-hydrogen) atoms. The number of hydrogen-bond acceptors (Lipinski definition) is 3. The lowest BCUT2D eigenvalue weighted by atomic mass is 10.1. The molecule has 0 radical (unpaired) electrons. The molecular weight excluding hydrogens is 156 g/mol. The number of likely N-dealkylation sites (N-methyl/N-ethyl adjacent to an activating group) is 1. The van der Waals surface area contributed by atoms with E-state index in [9.17, 15) is 9.59 Å². The van der Waals surface area contributed by atoms with Gasteiger partial charge in [0.15, 0.2) is 5.78 Å². The van der Waals surface area contributed by atoms with E-state index in [2.05, 4.69) is 5.32 Å². The average Bonchev–Trinajstić information content (AvgIpc) is 1.99. The quantitative estimate of drug-likeness (QED) is 0.571. The van der Waals surface area contributed by atoms with Crippen LogP contribution in [0.4, 0.5) is 0 Å². The molecule has 0 saturated carbocycles. The van der Waals surface area contributed by atoms with Crippen molar-refractivity contribution in [1.29, 1.82) is 0 Å².